The van der Waals surface area contributed by atoms with Crippen molar-refractivity contribution in [3.8, 4) is 0 Å². The monoisotopic (exact) mass is 672 g/mol. The van der Waals surface area contributed by atoms with Crippen molar-refractivity contribution in [2.24, 2.45) is 9.49 Å². The molecule has 10 heteroatoms. The molecule has 49 heavy (non-hydrogen) atoms. The summed E-state index contributed by atoms with van der Waals surface area (Å²) in [6.07, 6.45) is 0. The van der Waals surface area contributed by atoms with Gasteiger partial charge in [0.15, 0.2) is 0 Å². The van der Waals surface area contributed by atoms with Gasteiger partial charge in [0.05, 0.1) is 14.1 Å². The van der Waals surface area contributed by atoms with Crippen LogP contribution in [0.5, 0.6) is 0 Å². The van der Waals surface area contributed by atoms with E-state index in [2.05, 4.69) is 161 Å². The molecule has 2 aromatic heterocycles. The molecule has 0 N–H and O–H groups in total. The summed E-state index contributed by atoms with van der Waals surface area (Å²) < 4.78 is 12.7. The van der Waals surface area contributed by atoms with Gasteiger partial charge in [-0.1, -0.05) is 187 Å². The maximum Gasteiger partial charge on any atom is 0.280 e. The summed E-state index contributed by atoms with van der Waals surface area (Å²) in [6.45, 7) is 0. The fourth-order valence-corrected chi connectivity index (χ4v) is 13.0. The number of hydrogen-bond donors (Lipinski definition) is 0. The minimum atomic E-state index is -2.71. The molecule has 0 spiro atoms. The summed E-state index contributed by atoms with van der Waals surface area (Å²) in [5.41, 5.74) is 0. The van der Waals surface area contributed by atoms with Gasteiger partial charge < -0.3 is 0 Å². The average molecular weight is 673 g/mol. The molecule has 0 amide bonds. The van der Waals surface area contributed by atoms with Crippen LogP contribution in [0.3, 0.4) is 0 Å². The van der Waals surface area contributed by atoms with Crippen LogP contribution >= 0.6 is 14.1 Å². The van der Waals surface area contributed by atoms with E-state index < -0.39 is 14.1 Å². The van der Waals surface area contributed by atoms with Crippen LogP contribution in [-0.4, -0.2) is 30.0 Å². The van der Waals surface area contributed by atoms with E-state index in [0.29, 0.717) is 5.95 Å². The lowest BCUT2D eigenvalue weighted by Gasteiger charge is -2.27. The smallest absolute Gasteiger partial charge is 0.217 e. The molecule has 6 aromatic carbocycles. The van der Waals surface area contributed by atoms with Crippen molar-refractivity contribution in [1.82, 2.24) is 30.0 Å². The van der Waals surface area contributed by atoms with Gasteiger partial charge in [-0.2, -0.15) is 9.97 Å². The maximum absolute atomic E-state index is 5.64. The van der Waals surface area contributed by atoms with E-state index >= 15 is 0 Å². The van der Waals surface area contributed by atoms with E-state index in [1.54, 1.807) is 0 Å². The third kappa shape index (κ3) is 5.61. The molecule has 8 nitrogen and oxygen atoms in total. The molecule has 0 radical (unpaired) electrons. The highest BCUT2D eigenvalue weighted by Gasteiger charge is 2.31. The topological polar surface area (TPSA) is 93.6 Å². The highest BCUT2D eigenvalue weighted by Crippen LogP contribution is 2.51. The predicted octanol–water partition coefficient (Wildman–Crippen LogP) is 6.53. The molecular weight excluding hydrogens is 642 g/mol. The molecule has 0 aliphatic carbocycles. The van der Waals surface area contributed by atoms with Gasteiger partial charge in [-0.25, -0.2) is 9.49 Å². The molecule has 8 aromatic rings. The Bertz CT molecular complexity index is 2230. The Labute approximate surface area is 284 Å². The molecule has 0 atom stereocenters. The second-order valence-electron chi connectivity index (χ2n) is 11.2. The molecule has 0 bridgehead atoms. The number of aromatic nitrogens is 6. The first-order valence-corrected chi connectivity index (χ1v) is 19.3. The van der Waals surface area contributed by atoms with Crippen LogP contribution < -0.4 is 31.8 Å². The minimum Gasteiger partial charge on any atom is -0.217 e. The van der Waals surface area contributed by atoms with Crippen LogP contribution in [0.15, 0.2) is 191 Å². The van der Waals surface area contributed by atoms with Crippen molar-refractivity contribution in [1.29, 1.82) is 0 Å². The van der Waals surface area contributed by atoms with Crippen molar-refractivity contribution in [2.45, 2.75) is 0 Å². The molecule has 0 aliphatic rings. The van der Waals surface area contributed by atoms with Crippen molar-refractivity contribution in [2.75, 3.05) is 0 Å². The van der Waals surface area contributed by atoms with E-state index in [1.165, 1.54) is 4.52 Å². The number of benzene rings is 6. The van der Waals surface area contributed by atoms with Crippen molar-refractivity contribution in [3.05, 3.63) is 182 Å². The first-order valence-electron chi connectivity index (χ1n) is 15.8. The van der Waals surface area contributed by atoms with E-state index in [-0.39, 0.29) is 11.7 Å². The second-order valence-corrected chi connectivity index (χ2v) is 17.2. The lowest BCUT2D eigenvalue weighted by Crippen LogP contribution is -2.25. The van der Waals surface area contributed by atoms with Crippen LogP contribution in [-0.2, 0) is 0 Å². The number of hydrogen-bond acceptors (Lipinski definition) is 7. The Kier molecular flexibility index (Phi) is 8.32. The van der Waals surface area contributed by atoms with Crippen molar-refractivity contribution in [3.63, 3.8) is 0 Å². The minimum absolute atomic E-state index is 0.262. The normalized spacial score (nSPS) is 11.7. The van der Waals surface area contributed by atoms with E-state index in [1.807, 2.05) is 36.4 Å². The first kappa shape index (κ1) is 30.5. The van der Waals surface area contributed by atoms with Gasteiger partial charge in [-0.3, -0.25) is 0 Å². The summed E-state index contributed by atoms with van der Waals surface area (Å²) in [7, 11) is -5.40. The fourth-order valence-electron chi connectivity index (χ4n) is 6.11. The zero-order valence-electron chi connectivity index (χ0n) is 26.3. The maximum atomic E-state index is 5.64. The van der Waals surface area contributed by atoms with Gasteiger partial charge in [-0.05, 0) is 10.4 Å². The Morgan fingerprint density at radius 3 is 1.06 bits per heavy atom. The van der Waals surface area contributed by atoms with Crippen LogP contribution in [0.4, 0.5) is 11.9 Å². The summed E-state index contributed by atoms with van der Waals surface area (Å²) in [5.74, 6) is 0.858. The van der Waals surface area contributed by atoms with Gasteiger partial charge in [0.25, 0.3) is 17.7 Å². The van der Waals surface area contributed by atoms with Gasteiger partial charge in [-0.15, -0.1) is 4.52 Å². The molecule has 0 saturated carbocycles. The van der Waals surface area contributed by atoms with Crippen LogP contribution in [0.1, 0.15) is 0 Å². The molecule has 0 saturated heterocycles. The highest BCUT2D eigenvalue weighted by atomic mass is 31.2. The molecule has 0 unspecified atom stereocenters. The van der Waals surface area contributed by atoms with E-state index in [4.69, 9.17) is 19.5 Å². The first-order chi connectivity index (χ1) is 24.3. The third-order valence-electron chi connectivity index (χ3n) is 8.30. The summed E-state index contributed by atoms with van der Waals surface area (Å²) >= 11 is 0. The molecule has 0 fully saturated rings. The van der Waals surface area contributed by atoms with Crippen molar-refractivity contribution >= 4 is 63.6 Å². The molecule has 2 heterocycles. The standard InChI is InChI=1S/C39H30N8P2/c1-7-19-31(20-8-1)48(32-21-9-2-10-22-32,33-23-11-3-12-24-33)43-37-40-38-42-45-46-47(38)39(41-37)44-49(34-25-13-4-14-26-34,35-27-15-5-16-28-35)36-29-17-6-18-30-36/h1-30H. The second kappa shape index (κ2) is 13.4. The number of fused-ring (bicyclic) bond motifs is 1. The molecule has 0 aliphatic heterocycles. The van der Waals surface area contributed by atoms with E-state index in [0.717, 1.165) is 31.8 Å². The average Bonchev–Trinajstić information content (AvgIpc) is 3.67. The number of tetrazole rings is 1. The summed E-state index contributed by atoms with van der Waals surface area (Å²) in [4.78, 5) is 9.96. The SMILES string of the molecule is c1ccc(P(=Nc2nc(N=P(c3ccccc3)(c3ccccc3)c3ccccc3)n3nnnc3n2)(c2ccccc2)c2ccccc2)cc1. The Morgan fingerprint density at radius 1 is 0.388 bits per heavy atom. The number of nitrogens with zero attached hydrogens (tertiary/aromatic N) is 8. The third-order valence-corrected chi connectivity index (χ3v) is 15.5. The Balaban J connectivity index is 1.50. The zero-order chi connectivity index (χ0) is 32.9. The largest absolute Gasteiger partial charge is 0.280 e. The molecular formula is C39H30N8P2. The predicted molar refractivity (Wildman–Crippen MR) is 201 cm³/mol. The zero-order valence-corrected chi connectivity index (χ0v) is 28.1. The van der Waals surface area contributed by atoms with Gasteiger partial charge in [0, 0.05) is 31.8 Å². The van der Waals surface area contributed by atoms with Gasteiger partial charge >= 0.3 is 0 Å². The van der Waals surface area contributed by atoms with Crippen LogP contribution in [0.2, 0.25) is 0 Å². The van der Waals surface area contributed by atoms with Crippen molar-refractivity contribution < 1.29 is 0 Å². The van der Waals surface area contributed by atoms with Gasteiger partial charge in [0.1, 0.15) is 0 Å². The summed E-state index contributed by atoms with van der Waals surface area (Å²) in [6, 6.07) is 62.4. The van der Waals surface area contributed by atoms with Crippen LogP contribution in [0, 0.1) is 0 Å². The van der Waals surface area contributed by atoms with E-state index in [9.17, 15) is 0 Å². The Morgan fingerprint density at radius 2 is 0.714 bits per heavy atom. The number of rotatable bonds is 8. The lowest BCUT2D eigenvalue weighted by molar-refractivity contribution is 0.807. The summed E-state index contributed by atoms with van der Waals surface area (Å²) in [5, 5.41) is 19.1. The fraction of sp³-hybridized carbons (Fsp3) is 0. The van der Waals surface area contributed by atoms with Crippen LogP contribution in [0.25, 0.3) is 5.78 Å². The lowest BCUT2D eigenvalue weighted by atomic mass is 10.4. The van der Waals surface area contributed by atoms with Gasteiger partial charge in [0.2, 0.25) is 0 Å². The quantitative estimate of drug-likeness (QED) is 0.171. The Hall–Kier alpha value is -5.81. The molecule has 236 valence electrons. The highest BCUT2D eigenvalue weighted by molar-refractivity contribution is 7.88. The molecule has 8 rings (SSSR count).